The fraction of sp³-hybridized carbons (Fsp3) is 0.417. The lowest BCUT2D eigenvalue weighted by Crippen LogP contribution is -2.34. The Morgan fingerprint density at radius 3 is 3.06 bits per heavy atom. The molecule has 0 unspecified atom stereocenters. The molecule has 1 aliphatic rings. The van der Waals surface area contributed by atoms with Crippen molar-refractivity contribution in [3.8, 4) is 5.75 Å². The number of carbonyl (C=O) groups is 1. The molecule has 0 saturated heterocycles. The third-order valence-electron chi connectivity index (χ3n) is 2.60. The summed E-state index contributed by atoms with van der Waals surface area (Å²) in [6, 6.07) is 3.90. The normalized spacial score (nSPS) is 12.8. The smallest absolute Gasteiger partial charge is 0.315 e. The van der Waals surface area contributed by atoms with Crippen molar-refractivity contribution in [1.29, 1.82) is 0 Å². The predicted molar refractivity (Wildman–Crippen MR) is 69.3 cm³/mol. The number of carbonyl (C=O) groups excluding carboxylic acids is 1. The molecule has 92 valence electrons. The maximum atomic E-state index is 11.3. The zero-order valence-electron chi connectivity index (χ0n) is 9.68. The van der Waals surface area contributed by atoms with Crippen molar-refractivity contribution in [3.05, 3.63) is 27.7 Å². The van der Waals surface area contributed by atoms with Gasteiger partial charge in [0.05, 0.1) is 6.61 Å². The highest BCUT2D eigenvalue weighted by molar-refractivity contribution is 9.10. The van der Waals surface area contributed by atoms with E-state index in [4.69, 9.17) is 4.74 Å². The van der Waals surface area contributed by atoms with Gasteiger partial charge in [0.1, 0.15) is 5.75 Å². The van der Waals surface area contributed by atoms with E-state index in [0.717, 1.165) is 28.8 Å². The van der Waals surface area contributed by atoms with Crippen LogP contribution in [0.25, 0.3) is 0 Å². The summed E-state index contributed by atoms with van der Waals surface area (Å²) in [7, 11) is 0. The summed E-state index contributed by atoms with van der Waals surface area (Å²) in [5.41, 5.74) is 2.21. The SMILES string of the molecule is CCNC(=O)NCc1cc(Br)cc2c1OCC2. The minimum atomic E-state index is -0.153. The second kappa shape index (κ2) is 5.40. The Hall–Kier alpha value is -1.23. The quantitative estimate of drug-likeness (QED) is 0.899. The Kier molecular flexibility index (Phi) is 3.89. The molecule has 0 fully saturated rings. The molecule has 2 rings (SSSR count). The fourth-order valence-electron chi connectivity index (χ4n) is 1.88. The summed E-state index contributed by atoms with van der Waals surface area (Å²) in [5.74, 6) is 0.921. The van der Waals surface area contributed by atoms with Gasteiger partial charge in [-0.15, -0.1) is 0 Å². The van der Waals surface area contributed by atoms with Crippen LogP contribution in [0.2, 0.25) is 0 Å². The molecule has 0 bridgehead atoms. The Bertz CT molecular complexity index is 435. The van der Waals surface area contributed by atoms with Crippen molar-refractivity contribution in [2.45, 2.75) is 19.9 Å². The fourth-order valence-corrected chi connectivity index (χ4v) is 2.43. The molecule has 5 heteroatoms. The molecule has 4 nitrogen and oxygen atoms in total. The minimum absolute atomic E-state index is 0.153. The Morgan fingerprint density at radius 2 is 2.29 bits per heavy atom. The monoisotopic (exact) mass is 298 g/mol. The Morgan fingerprint density at radius 1 is 1.47 bits per heavy atom. The molecule has 1 aromatic rings. The highest BCUT2D eigenvalue weighted by Crippen LogP contribution is 2.32. The first kappa shape index (κ1) is 12.2. The number of ether oxygens (including phenoxy) is 1. The van der Waals surface area contributed by atoms with E-state index >= 15 is 0 Å². The van der Waals surface area contributed by atoms with E-state index in [9.17, 15) is 4.79 Å². The van der Waals surface area contributed by atoms with Gasteiger partial charge in [0, 0.05) is 29.5 Å². The number of rotatable bonds is 3. The molecule has 0 saturated carbocycles. The highest BCUT2D eigenvalue weighted by atomic mass is 79.9. The second-order valence-corrected chi connectivity index (χ2v) is 4.78. The largest absolute Gasteiger partial charge is 0.493 e. The number of halogens is 1. The lowest BCUT2D eigenvalue weighted by Gasteiger charge is -2.10. The van der Waals surface area contributed by atoms with Crippen LogP contribution in [0.15, 0.2) is 16.6 Å². The molecule has 1 aromatic carbocycles. The second-order valence-electron chi connectivity index (χ2n) is 3.86. The van der Waals surface area contributed by atoms with Gasteiger partial charge in [0.2, 0.25) is 0 Å². The lowest BCUT2D eigenvalue weighted by molar-refractivity contribution is 0.241. The number of fused-ring (bicyclic) bond motifs is 1. The van der Waals surface area contributed by atoms with Crippen molar-refractivity contribution >= 4 is 22.0 Å². The van der Waals surface area contributed by atoms with Crippen molar-refractivity contribution in [2.24, 2.45) is 0 Å². The third-order valence-corrected chi connectivity index (χ3v) is 3.06. The van der Waals surface area contributed by atoms with E-state index in [1.165, 1.54) is 5.56 Å². The van der Waals surface area contributed by atoms with Gasteiger partial charge >= 0.3 is 6.03 Å². The zero-order valence-corrected chi connectivity index (χ0v) is 11.3. The standard InChI is InChI=1S/C12H15BrN2O2/c1-2-14-12(16)15-7-9-6-10(13)5-8-3-4-17-11(8)9/h5-6H,2-4,7H2,1H3,(H2,14,15,16). The van der Waals surface area contributed by atoms with Gasteiger partial charge in [-0.3, -0.25) is 0 Å². The van der Waals surface area contributed by atoms with E-state index in [2.05, 4.69) is 32.6 Å². The van der Waals surface area contributed by atoms with Gasteiger partial charge in [0.25, 0.3) is 0 Å². The first-order valence-electron chi connectivity index (χ1n) is 5.66. The summed E-state index contributed by atoms with van der Waals surface area (Å²) >= 11 is 3.47. The molecule has 1 aliphatic heterocycles. The number of hydrogen-bond acceptors (Lipinski definition) is 2. The molecular formula is C12H15BrN2O2. The van der Waals surface area contributed by atoms with Crippen molar-refractivity contribution < 1.29 is 9.53 Å². The topological polar surface area (TPSA) is 50.4 Å². The van der Waals surface area contributed by atoms with Crippen LogP contribution in [-0.2, 0) is 13.0 Å². The zero-order chi connectivity index (χ0) is 12.3. The van der Waals surface area contributed by atoms with Crippen molar-refractivity contribution in [2.75, 3.05) is 13.2 Å². The van der Waals surface area contributed by atoms with Crippen LogP contribution >= 0.6 is 15.9 Å². The molecule has 0 aliphatic carbocycles. The molecular weight excluding hydrogens is 284 g/mol. The summed E-state index contributed by atoms with van der Waals surface area (Å²) in [4.78, 5) is 11.3. The number of urea groups is 1. The van der Waals surface area contributed by atoms with Crippen LogP contribution in [0.5, 0.6) is 5.75 Å². The number of nitrogens with one attached hydrogen (secondary N) is 2. The summed E-state index contributed by atoms with van der Waals surface area (Å²) in [5, 5.41) is 5.50. The van der Waals surface area contributed by atoms with E-state index in [-0.39, 0.29) is 6.03 Å². The Balaban J connectivity index is 2.08. The molecule has 2 amide bonds. The average molecular weight is 299 g/mol. The van der Waals surface area contributed by atoms with Gasteiger partial charge in [0.15, 0.2) is 0 Å². The number of amides is 2. The summed E-state index contributed by atoms with van der Waals surface area (Å²) in [6.07, 6.45) is 0.933. The van der Waals surface area contributed by atoms with E-state index in [1.807, 2.05) is 13.0 Å². The summed E-state index contributed by atoms with van der Waals surface area (Å²) in [6.45, 7) is 3.71. The maximum absolute atomic E-state index is 11.3. The van der Waals surface area contributed by atoms with Crippen LogP contribution in [0.4, 0.5) is 4.79 Å². The van der Waals surface area contributed by atoms with Crippen LogP contribution in [0, 0.1) is 0 Å². The van der Waals surface area contributed by atoms with Gasteiger partial charge in [-0.1, -0.05) is 15.9 Å². The van der Waals surface area contributed by atoms with Gasteiger partial charge < -0.3 is 15.4 Å². The van der Waals surface area contributed by atoms with Crippen LogP contribution in [-0.4, -0.2) is 19.2 Å². The maximum Gasteiger partial charge on any atom is 0.315 e. The molecule has 0 spiro atoms. The van der Waals surface area contributed by atoms with Crippen LogP contribution in [0.1, 0.15) is 18.1 Å². The van der Waals surface area contributed by atoms with Crippen LogP contribution < -0.4 is 15.4 Å². The molecule has 2 N–H and O–H groups in total. The lowest BCUT2D eigenvalue weighted by atomic mass is 10.1. The van der Waals surface area contributed by atoms with E-state index < -0.39 is 0 Å². The first-order chi connectivity index (χ1) is 8.20. The molecule has 0 atom stereocenters. The van der Waals surface area contributed by atoms with Gasteiger partial charge in [-0.05, 0) is 24.6 Å². The number of benzene rings is 1. The predicted octanol–water partition coefficient (Wildman–Crippen LogP) is 2.20. The molecule has 0 aromatic heterocycles. The average Bonchev–Trinajstić information content (AvgIpc) is 2.74. The molecule has 0 radical (unpaired) electrons. The van der Waals surface area contributed by atoms with Crippen molar-refractivity contribution in [1.82, 2.24) is 10.6 Å². The van der Waals surface area contributed by atoms with E-state index in [1.54, 1.807) is 0 Å². The Labute approximate surface area is 109 Å². The minimum Gasteiger partial charge on any atom is -0.493 e. The molecule has 17 heavy (non-hydrogen) atoms. The van der Waals surface area contributed by atoms with Gasteiger partial charge in [-0.25, -0.2) is 4.79 Å². The summed E-state index contributed by atoms with van der Waals surface area (Å²) < 4.78 is 6.61. The van der Waals surface area contributed by atoms with Crippen LogP contribution in [0.3, 0.4) is 0 Å². The highest BCUT2D eigenvalue weighted by Gasteiger charge is 2.17. The number of hydrogen-bond donors (Lipinski definition) is 2. The third kappa shape index (κ3) is 2.91. The first-order valence-corrected chi connectivity index (χ1v) is 6.45. The molecule has 1 heterocycles. The van der Waals surface area contributed by atoms with Crippen molar-refractivity contribution in [3.63, 3.8) is 0 Å². The van der Waals surface area contributed by atoms with E-state index in [0.29, 0.717) is 13.1 Å². The van der Waals surface area contributed by atoms with Gasteiger partial charge in [-0.2, -0.15) is 0 Å².